The predicted molar refractivity (Wildman–Crippen MR) is 128 cm³/mol. The fourth-order valence-corrected chi connectivity index (χ4v) is 5.74. The molecule has 8 nitrogen and oxygen atoms in total. The van der Waals surface area contributed by atoms with Crippen LogP contribution in [0, 0.1) is 6.92 Å². The Bertz CT molecular complexity index is 1200. The highest BCUT2D eigenvalue weighted by Gasteiger charge is 2.52. The molecule has 3 aromatic rings. The van der Waals surface area contributed by atoms with Crippen LogP contribution in [0.15, 0.2) is 35.2 Å². The van der Waals surface area contributed by atoms with Crippen molar-refractivity contribution >= 4 is 38.3 Å². The van der Waals surface area contributed by atoms with E-state index in [0.29, 0.717) is 5.88 Å². The van der Waals surface area contributed by atoms with Crippen molar-refractivity contribution in [3.63, 3.8) is 0 Å². The number of piperidine rings is 1. The molecule has 0 amide bonds. The maximum Gasteiger partial charge on any atom is 0.218 e. The Kier molecular flexibility index (Phi) is 5.29. The van der Waals surface area contributed by atoms with Crippen molar-refractivity contribution in [3.05, 3.63) is 46.5 Å². The van der Waals surface area contributed by atoms with E-state index in [9.17, 15) is 4.21 Å². The maximum atomic E-state index is 13.0. The van der Waals surface area contributed by atoms with Gasteiger partial charge in [0.1, 0.15) is 15.7 Å². The highest BCUT2D eigenvalue weighted by molar-refractivity contribution is 9.10. The summed E-state index contributed by atoms with van der Waals surface area (Å²) in [6, 6.07) is 5.74. The van der Waals surface area contributed by atoms with Gasteiger partial charge in [0, 0.05) is 37.7 Å². The lowest BCUT2D eigenvalue weighted by Gasteiger charge is -2.42. The van der Waals surface area contributed by atoms with Gasteiger partial charge in [0.05, 0.1) is 33.7 Å². The average Bonchev–Trinajstić information content (AvgIpc) is 3.35. The second-order valence-electron chi connectivity index (χ2n) is 9.42. The third-order valence-corrected chi connectivity index (χ3v) is 8.73. The van der Waals surface area contributed by atoms with Crippen molar-refractivity contribution in [2.24, 2.45) is 0 Å². The van der Waals surface area contributed by atoms with Gasteiger partial charge in [0.25, 0.3) is 0 Å². The number of rotatable bonds is 3. The Morgan fingerprint density at radius 2 is 2.00 bits per heavy atom. The van der Waals surface area contributed by atoms with Gasteiger partial charge in [0.15, 0.2) is 5.82 Å². The topological polar surface area (TPSA) is 84.6 Å². The predicted octanol–water partition coefficient (Wildman–Crippen LogP) is 3.72. The molecule has 0 aromatic carbocycles. The normalized spacial score (nSPS) is 21.0. The first-order chi connectivity index (χ1) is 15.2. The Hall–Kier alpha value is -2.04. The summed E-state index contributed by atoms with van der Waals surface area (Å²) in [7, 11) is -1.23. The van der Waals surface area contributed by atoms with E-state index in [1.165, 1.54) is 0 Å². The molecule has 5 rings (SSSR count). The van der Waals surface area contributed by atoms with E-state index in [0.717, 1.165) is 53.1 Å². The number of aryl methyl sites for hydroxylation is 1. The highest BCUT2D eigenvalue weighted by Crippen LogP contribution is 2.48. The van der Waals surface area contributed by atoms with E-state index in [1.54, 1.807) is 12.4 Å². The van der Waals surface area contributed by atoms with Crippen LogP contribution < -0.4 is 14.4 Å². The molecule has 0 radical (unpaired) electrons. The van der Waals surface area contributed by atoms with E-state index < -0.39 is 16.6 Å². The van der Waals surface area contributed by atoms with Crippen LogP contribution in [0.5, 0.6) is 5.88 Å². The number of hydrogen-bond acceptors (Lipinski definition) is 6. The van der Waals surface area contributed by atoms with Crippen molar-refractivity contribution in [2.75, 3.05) is 18.0 Å². The number of aromatic nitrogens is 4. The summed E-state index contributed by atoms with van der Waals surface area (Å²) in [5.41, 5.74) is 2.36. The molecular formula is C22H27BrN6O2S. The van der Waals surface area contributed by atoms with Crippen LogP contribution in [0.25, 0.3) is 5.52 Å². The molecule has 1 spiro atoms. The van der Waals surface area contributed by atoms with Crippen LogP contribution in [0.3, 0.4) is 0 Å². The molecule has 10 heteroatoms. The van der Waals surface area contributed by atoms with Crippen molar-refractivity contribution in [1.82, 2.24) is 24.3 Å². The number of ether oxygens (including phenoxy) is 1. The molecule has 0 bridgehead atoms. The van der Waals surface area contributed by atoms with E-state index >= 15 is 0 Å². The smallest absolute Gasteiger partial charge is 0.218 e. The summed E-state index contributed by atoms with van der Waals surface area (Å²) in [5.74, 6) is 1.56. The van der Waals surface area contributed by atoms with Gasteiger partial charge in [-0.3, -0.25) is 0 Å². The van der Waals surface area contributed by atoms with E-state index in [2.05, 4.69) is 35.6 Å². The molecule has 2 aliphatic heterocycles. The number of anilines is 1. The number of fused-ring (bicyclic) bond motifs is 2. The second-order valence-corrected chi connectivity index (χ2v) is 12.2. The van der Waals surface area contributed by atoms with Gasteiger partial charge in [-0.15, -0.1) is 0 Å². The molecule has 170 valence electrons. The summed E-state index contributed by atoms with van der Waals surface area (Å²) in [6.45, 7) is 9.44. The monoisotopic (exact) mass is 518 g/mol. The zero-order valence-corrected chi connectivity index (χ0v) is 21.0. The second kappa shape index (κ2) is 7.78. The van der Waals surface area contributed by atoms with Gasteiger partial charge in [-0.25, -0.2) is 23.4 Å². The maximum absolute atomic E-state index is 13.0. The molecular weight excluding hydrogens is 492 g/mol. The fraction of sp³-hybridized carbons (Fsp3) is 0.500. The SMILES string of the molecule is Cc1nc(N2CCC3(CC2)Oc2ncccc2[C@H]3N[S@](=O)C(C)(C)C)c2ccnn2c1Br. The van der Waals surface area contributed by atoms with Gasteiger partial charge in [0.2, 0.25) is 5.88 Å². The molecule has 2 aliphatic rings. The Labute approximate surface area is 198 Å². The molecule has 0 saturated carbocycles. The highest BCUT2D eigenvalue weighted by atomic mass is 79.9. The van der Waals surface area contributed by atoms with Gasteiger partial charge >= 0.3 is 0 Å². The van der Waals surface area contributed by atoms with Crippen LogP contribution in [-0.2, 0) is 11.0 Å². The minimum atomic E-state index is -1.23. The quantitative estimate of drug-likeness (QED) is 0.568. The Morgan fingerprint density at radius 1 is 1.25 bits per heavy atom. The summed E-state index contributed by atoms with van der Waals surface area (Å²) in [5, 5.41) is 4.43. The van der Waals surface area contributed by atoms with Crippen LogP contribution in [0.2, 0.25) is 0 Å². The summed E-state index contributed by atoms with van der Waals surface area (Å²) in [4.78, 5) is 11.6. The van der Waals surface area contributed by atoms with Crippen LogP contribution >= 0.6 is 15.9 Å². The minimum absolute atomic E-state index is 0.178. The lowest BCUT2D eigenvalue weighted by Crippen LogP contribution is -2.54. The van der Waals surface area contributed by atoms with Crippen LogP contribution in [0.4, 0.5) is 5.82 Å². The molecule has 0 unspecified atom stereocenters. The lowest BCUT2D eigenvalue weighted by atomic mass is 9.83. The zero-order valence-electron chi connectivity index (χ0n) is 18.6. The largest absolute Gasteiger partial charge is 0.469 e. The summed E-state index contributed by atoms with van der Waals surface area (Å²) >= 11 is 3.59. The first kappa shape index (κ1) is 21.8. The number of nitrogens with zero attached hydrogens (tertiary/aromatic N) is 5. The van der Waals surface area contributed by atoms with Gasteiger partial charge in [-0.2, -0.15) is 5.10 Å². The number of hydrogen-bond donors (Lipinski definition) is 1. The van der Waals surface area contributed by atoms with E-state index in [1.807, 2.05) is 50.4 Å². The standard InChI is InChI=1S/C22H27BrN6O2S/c1-14-18(23)29-16(7-11-25-29)19(26-14)28-12-8-22(9-13-28)17(27-32(30)21(2,3)4)15-6-5-10-24-20(15)31-22/h5-7,10-11,17,27H,8-9,12-13H2,1-4H3/t17-,32-/m1/s1. The molecule has 5 heterocycles. The van der Waals surface area contributed by atoms with Crippen molar-refractivity contribution in [1.29, 1.82) is 0 Å². The summed E-state index contributed by atoms with van der Waals surface area (Å²) < 4.78 is 25.3. The number of nitrogens with one attached hydrogen (secondary N) is 1. The number of pyridine rings is 1. The molecule has 1 fully saturated rings. The van der Waals surface area contributed by atoms with Crippen molar-refractivity contribution in [2.45, 2.75) is 56.9 Å². The van der Waals surface area contributed by atoms with Gasteiger partial charge in [-0.1, -0.05) is 6.07 Å². The first-order valence-corrected chi connectivity index (χ1v) is 12.7. The van der Waals surface area contributed by atoms with Crippen LogP contribution in [0.1, 0.15) is 50.9 Å². The van der Waals surface area contributed by atoms with Crippen LogP contribution in [-0.4, -0.2) is 47.2 Å². The molecule has 0 aliphatic carbocycles. The van der Waals surface area contributed by atoms with E-state index in [4.69, 9.17) is 9.72 Å². The van der Waals surface area contributed by atoms with E-state index in [-0.39, 0.29) is 10.8 Å². The zero-order chi connectivity index (χ0) is 22.7. The molecule has 32 heavy (non-hydrogen) atoms. The molecule has 2 atom stereocenters. The molecule has 3 aromatic heterocycles. The van der Waals surface area contributed by atoms with Gasteiger partial charge in [-0.05, 0) is 55.8 Å². The van der Waals surface area contributed by atoms with Crippen molar-refractivity contribution in [3.8, 4) is 5.88 Å². The Balaban J connectivity index is 1.44. The number of halogens is 1. The third kappa shape index (κ3) is 3.52. The average molecular weight is 519 g/mol. The lowest BCUT2D eigenvalue weighted by molar-refractivity contribution is 0.0352. The minimum Gasteiger partial charge on any atom is -0.469 e. The van der Waals surface area contributed by atoms with Gasteiger partial charge < -0.3 is 9.64 Å². The molecule has 1 N–H and O–H groups in total. The summed E-state index contributed by atoms with van der Waals surface area (Å²) in [6.07, 6.45) is 5.06. The van der Waals surface area contributed by atoms with Crippen molar-refractivity contribution < 1.29 is 8.95 Å². The third-order valence-electron chi connectivity index (χ3n) is 6.26. The Morgan fingerprint density at radius 3 is 2.72 bits per heavy atom. The molecule has 1 saturated heterocycles. The fourth-order valence-electron chi connectivity index (χ4n) is 4.46. The first-order valence-electron chi connectivity index (χ1n) is 10.8.